The van der Waals surface area contributed by atoms with Crippen molar-refractivity contribution in [1.82, 2.24) is 0 Å². The van der Waals surface area contributed by atoms with E-state index < -0.39 is 0 Å². The first kappa shape index (κ1) is 14.0. The highest BCUT2D eigenvalue weighted by Crippen LogP contribution is 2.06. The SMILES string of the molecule is CCCC(O)CC/C=C/CCc1ccccc1. The molecule has 0 heterocycles. The lowest BCUT2D eigenvalue weighted by Gasteiger charge is -2.05. The van der Waals surface area contributed by atoms with Crippen molar-refractivity contribution < 1.29 is 5.11 Å². The van der Waals surface area contributed by atoms with Crippen LogP contribution in [0.1, 0.15) is 44.6 Å². The van der Waals surface area contributed by atoms with Crippen LogP contribution in [0.4, 0.5) is 0 Å². The van der Waals surface area contributed by atoms with Crippen LogP contribution in [0.2, 0.25) is 0 Å². The summed E-state index contributed by atoms with van der Waals surface area (Å²) in [4.78, 5) is 0. The highest BCUT2D eigenvalue weighted by molar-refractivity contribution is 5.15. The lowest BCUT2D eigenvalue weighted by Crippen LogP contribution is -2.04. The first-order valence-electron chi connectivity index (χ1n) is 6.70. The Morgan fingerprint density at radius 1 is 1.06 bits per heavy atom. The molecule has 1 nitrogen and oxygen atoms in total. The van der Waals surface area contributed by atoms with Crippen molar-refractivity contribution in [2.24, 2.45) is 0 Å². The van der Waals surface area contributed by atoms with Gasteiger partial charge in [0.15, 0.2) is 0 Å². The molecule has 1 aromatic rings. The van der Waals surface area contributed by atoms with Crippen molar-refractivity contribution in [3.63, 3.8) is 0 Å². The van der Waals surface area contributed by atoms with Crippen LogP contribution in [0.3, 0.4) is 0 Å². The third-order valence-corrected chi connectivity index (χ3v) is 2.90. The number of hydrogen-bond donors (Lipinski definition) is 1. The molecule has 0 aliphatic carbocycles. The molecule has 0 saturated heterocycles. The highest BCUT2D eigenvalue weighted by Gasteiger charge is 1.99. The number of hydrogen-bond acceptors (Lipinski definition) is 1. The summed E-state index contributed by atoms with van der Waals surface area (Å²) in [5.74, 6) is 0. The minimum Gasteiger partial charge on any atom is -0.393 e. The number of aliphatic hydroxyl groups excluding tert-OH is 1. The molecule has 0 aliphatic rings. The van der Waals surface area contributed by atoms with E-state index in [0.717, 1.165) is 38.5 Å². The maximum atomic E-state index is 9.55. The quantitative estimate of drug-likeness (QED) is 0.669. The van der Waals surface area contributed by atoms with Crippen LogP contribution < -0.4 is 0 Å². The first-order chi connectivity index (χ1) is 8.33. The second kappa shape index (κ2) is 9.00. The van der Waals surface area contributed by atoms with E-state index in [4.69, 9.17) is 0 Å². The Morgan fingerprint density at radius 2 is 1.76 bits per heavy atom. The molecule has 1 rings (SSSR count). The molecule has 1 heteroatoms. The van der Waals surface area contributed by atoms with E-state index in [1.54, 1.807) is 0 Å². The molecule has 0 saturated carbocycles. The summed E-state index contributed by atoms with van der Waals surface area (Å²) in [5, 5.41) is 9.55. The summed E-state index contributed by atoms with van der Waals surface area (Å²) >= 11 is 0. The lowest BCUT2D eigenvalue weighted by molar-refractivity contribution is 0.155. The molecule has 0 spiro atoms. The van der Waals surface area contributed by atoms with Crippen LogP contribution in [-0.4, -0.2) is 11.2 Å². The van der Waals surface area contributed by atoms with Gasteiger partial charge in [0.05, 0.1) is 6.10 Å². The van der Waals surface area contributed by atoms with Gasteiger partial charge in [-0.15, -0.1) is 0 Å². The molecule has 0 amide bonds. The Hall–Kier alpha value is -1.08. The van der Waals surface area contributed by atoms with E-state index >= 15 is 0 Å². The van der Waals surface area contributed by atoms with Crippen LogP contribution in [0.25, 0.3) is 0 Å². The van der Waals surface area contributed by atoms with Crippen molar-refractivity contribution in [1.29, 1.82) is 0 Å². The minimum absolute atomic E-state index is 0.112. The maximum absolute atomic E-state index is 9.55. The standard InChI is InChI=1S/C16H24O/c1-2-10-16(17)14-9-4-3-6-11-15-12-7-5-8-13-15/h3-5,7-8,12-13,16-17H,2,6,9-11,14H2,1H3/b4-3+. The minimum atomic E-state index is -0.112. The average Bonchev–Trinajstić information content (AvgIpc) is 2.35. The summed E-state index contributed by atoms with van der Waals surface area (Å²) in [5.41, 5.74) is 1.39. The second-order valence-electron chi connectivity index (χ2n) is 4.52. The molecule has 0 fully saturated rings. The van der Waals surface area contributed by atoms with Gasteiger partial charge in [-0.2, -0.15) is 0 Å². The van der Waals surface area contributed by atoms with E-state index in [9.17, 15) is 5.11 Å². The zero-order valence-electron chi connectivity index (χ0n) is 10.8. The topological polar surface area (TPSA) is 20.2 Å². The van der Waals surface area contributed by atoms with Crippen LogP contribution in [-0.2, 0) is 6.42 Å². The number of benzene rings is 1. The Balaban J connectivity index is 2.07. The molecule has 1 N–H and O–H groups in total. The van der Waals surface area contributed by atoms with E-state index in [1.165, 1.54) is 5.56 Å². The molecule has 1 atom stereocenters. The van der Waals surface area contributed by atoms with Crippen molar-refractivity contribution >= 4 is 0 Å². The molecule has 1 aromatic carbocycles. The lowest BCUT2D eigenvalue weighted by atomic mass is 10.1. The summed E-state index contributed by atoms with van der Waals surface area (Å²) in [7, 11) is 0. The van der Waals surface area contributed by atoms with Gasteiger partial charge in [0.1, 0.15) is 0 Å². The number of allylic oxidation sites excluding steroid dienone is 2. The molecule has 0 radical (unpaired) electrons. The van der Waals surface area contributed by atoms with Crippen molar-refractivity contribution in [2.45, 2.75) is 51.6 Å². The van der Waals surface area contributed by atoms with Gasteiger partial charge in [0.2, 0.25) is 0 Å². The Morgan fingerprint density at radius 3 is 2.47 bits per heavy atom. The maximum Gasteiger partial charge on any atom is 0.0543 e. The molecular formula is C16H24O. The first-order valence-corrected chi connectivity index (χ1v) is 6.70. The normalized spacial score (nSPS) is 13.1. The zero-order valence-corrected chi connectivity index (χ0v) is 10.8. The summed E-state index contributed by atoms with van der Waals surface area (Å²) in [6.45, 7) is 2.11. The van der Waals surface area contributed by atoms with Gasteiger partial charge in [-0.05, 0) is 37.7 Å². The van der Waals surface area contributed by atoms with Crippen molar-refractivity contribution in [3.8, 4) is 0 Å². The second-order valence-corrected chi connectivity index (χ2v) is 4.52. The Bertz CT molecular complexity index is 303. The molecule has 1 unspecified atom stereocenters. The average molecular weight is 232 g/mol. The van der Waals surface area contributed by atoms with Gasteiger partial charge in [-0.3, -0.25) is 0 Å². The molecule has 0 aliphatic heterocycles. The van der Waals surface area contributed by atoms with Gasteiger partial charge in [-0.25, -0.2) is 0 Å². The predicted molar refractivity (Wildman–Crippen MR) is 74.1 cm³/mol. The van der Waals surface area contributed by atoms with Crippen LogP contribution in [0.15, 0.2) is 42.5 Å². The summed E-state index contributed by atoms with van der Waals surface area (Å²) in [6.07, 6.45) is 10.4. The Kier molecular flexibility index (Phi) is 7.40. The van der Waals surface area contributed by atoms with Crippen molar-refractivity contribution in [3.05, 3.63) is 48.0 Å². The molecule has 17 heavy (non-hydrogen) atoms. The van der Waals surface area contributed by atoms with Crippen molar-refractivity contribution in [2.75, 3.05) is 0 Å². The van der Waals surface area contributed by atoms with Gasteiger partial charge >= 0.3 is 0 Å². The number of aryl methyl sites for hydroxylation is 1. The summed E-state index contributed by atoms with van der Waals surface area (Å²) in [6, 6.07) is 10.5. The molecule has 0 aromatic heterocycles. The summed E-state index contributed by atoms with van der Waals surface area (Å²) < 4.78 is 0. The third kappa shape index (κ3) is 6.96. The van der Waals surface area contributed by atoms with E-state index in [-0.39, 0.29) is 6.10 Å². The smallest absolute Gasteiger partial charge is 0.0543 e. The molecule has 94 valence electrons. The van der Waals surface area contributed by atoms with Gasteiger partial charge < -0.3 is 5.11 Å². The van der Waals surface area contributed by atoms with Crippen LogP contribution in [0.5, 0.6) is 0 Å². The van der Waals surface area contributed by atoms with E-state index in [0.29, 0.717) is 0 Å². The Labute approximate surface area is 105 Å². The monoisotopic (exact) mass is 232 g/mol. The third-order valence-electron chi connectivity index (χ3n) is 2.90. The van der Waals surface area contributed by atoms with Gasteiger partial charge in [0.25, 0.3) is 0 Å². The predicted octanol–water partition coefficient (Wildman–Crippen LogP) is 4.12. The number of aliphatic hydroxyl groups is 1. The fourth-order valence-corrected chi connectivity index (χ4v) is 1.90. The fourth-order valence-electron chi connectivity index (χ4n) is 1.90. The van der Waals surface area contributed by atoms with Gasteiger partial charge in [0, 0.05) is 0 Å². The van der Waals surface area contributed by atoms with Crippen LogP contribution in [0, 0.1) is 0 Å². The van der Waals surface area contributed by atoms with Crippen LogP contribution >= 0.6 is 0 Å². The molecule has 0 bridgehead atoms. The van der Waals surface area contributed by atoms with E-state index in [1.807, 2.05) is 0 Å². The largest absolute Gasteiger partial charge is 0.393 e. The van der Waals surface area contributed by atoms with Gasteiger partial charge in [-0.1, -0.05) is 55.8 Å². The number of rotatable bonds is 8. The zero-order chi connectivity index (χ0) is 12.3. The molecular weight excluding hydrogens is 208 g/mol. The highest BCUT2D eigenvalue weighted by atomic mass is 16.3. The fraction of sp³-hybridized carbons (Fsp3) is 0.500. The van der Waals surface area contributed by atoms with E-state index in [2.05, 4.69) is 49.4 Å².